The maximum absolute atomic E-state index is 11.7. The maximum atomic E-state index is 11.7. The molecule has 108 valence electrons. The number of halogens is 1. The fourth-order valence-electron chi connectivity index (χ4n) is 1.90. The number of hydrogen-bond donors (Lipinski definition) is 3. The quantitative estimate of drug-likeness (QED) is 0.798. The Balaban J connectivity index is 1.88. The predicted molar refractivity (Wildman–Crippen MR) is 80.9 cm³/mol. The summed E-state index contributed by atoms with van der Waals surface area (Å²) in [6.07, 6.45) is 1.12. The van der Waals surface area contributed by atoms with E-state index in [9.17, 15) is 9.59 Å². The molecule has 1 aliphatic rings. The lowest BCUT2D eigenvalue weighted by atomic mass is 10.1. The van der Waals surface area contributed by atoms with Crippen LogP contribution in [0.5, 0.6) is 0 Å². The lowest BCUT2D eigenvalue weighted by molar-refractivity contribution is 0.0697. The van der Waals surface area contributed by atoms with Gasteiger partial charge in [-0.1, -0.05) is 11.6 Å². The van der Waals surface area contributed by atoms with Gasteiger partial charge in [0.15, 0.2) is 0 Å². The topological polar surface area (TPSA) is 78.4 Å². The minimum absolute atomic E-state index is 0.0870. The van der Waals surface area contributed by atoms with E-state index < -0.39 is 5.97 Å². The molecule has 2 amide bonds. The highest BCUT2D eigenvalue weighted by molar-refractivity contribution is 7.99. The third-order valence-corrected chi connectivity index (χ3v) is 4.58. The summed E-state index contributed by atoms with van der Waals surface area (Å²) < 4.78 is 0. The van der Waals surface area contributed by atoms with Crippen LogP contribution < -0.4 is 10.6 Å². The number of aromatic carboxylic acids is 1. The van der Waals surface area contributed by atoms with E-state index in [-0.39, 0.29) is 16.6 Å². The lowest BCUT2D eigenvalue weighted by Gasteiger charge is -2.12. The van der Waals surface area contributed by atoms with E-state index in [0.717, 1.165) is 17.9 Å². The van der Waals surface area contributed by atoms with Crippen LogP contribution in [0.15, 0.2) is 18.2 Å². The van der Waals surface area contributed by atoms with Crippen LogP contribution in [-0.4, -0.2) is 35.2 Å². The molecule has 0 aliphatic carbocycles. The van der Waals surface area contributed by atoms with Crippen LogP contribution in [0.4, 0.5) is 10.5 Å². The fourth-order valence-corrected chi connectivity index (χ4v) is 3.41. The molecule has 3 N–H and O–H groups in total. The largest absolute Gasteiger partial charge is 0.478 e. The van der Waals surface area contributed by atoms with E-state index in [1.807, 2.05) is 11.8 Å². The molecule has 0 spiro atoms. The second-order valence-corrected chi connectivity index (χ2v) is 6.12. The summed E-state index contributed by atoms with van der Waals surface area (Å²) in [7, 11) is 0. The number of benzene rings is 1. The van der Waals surface area contributed by atoms with Gasteiger partial charge in [-0.25, -0.2) is 9.59 Å². The average Bonchev–Trinajstić information content (AvgIpc) is 2.91. The number of carbonyl (C=O) groups excluding carboxylic acids is 1. The second kappa shape index (κ2) is 6.85. The van der Waals surface area contributed by atoms with Crippen LogP contribution in [0.3, 0.4) is 0 Å². The zero-order valence-electron chi connectivity index (χ0n) is 10.7. The first-order valence-electron chi connectivity index (χ1n) is 6.21. The van der Waals surface area contributed by atoms with Crippen LogP contribution in [0.25, 0.3) is 0 Å². The molecule has 0 radical (unpaired) electrons. The number of carboxylic acid groups (broad SMARTS) is 1. The van der Waals surface area contributed by atoms with E-state index in [4.69, 9.17) is 16.7 Å². The van der Waals surface area contributed by atoms with Crippen molar-refractivity contribution in [2.75, 3.05) is 23.4 Å². The van der Waals surface area contributed by atoms with E-state index in [0.29, 0.717) is 18.2 Å². The average molecular weight is 315 g/mol. The number of nitrogens with one attached hydrogen (secondary N) is 2. The molecule has 2 rings (SSSR count). The molecule has 0 bridgehead atoms. The molecule has 1 aromatic carbocycles. The van der Waals surface area contributed by atoms with Gasteiger partial charge in [-0.3, -0.25) is 0 Å². The fraction of sp³-hybridized carbons (Fsp3) is 0.385. The Morgan fingerprint density at radius 1 is 1.45 bits per heavy atom. The molecule has 7 heteroatoms. The molecule has 1 aromatic rings. The highest BCUT2D eigenvalue weighted by atomic mass is 35.5. The third-order valence-electron chi connectivity index (χ3n) is 3.04. The summed E-state index contributed by atoms with van der Waals surface area (Å²) in [4.78, 5) is 22.5. The number of rotatable bonds is 4. The molecule has 5 nitrogen and oxygen atoms in total. The van der Waals surface area contributed by atoms with Gasteiger partial charge in [0.25, 0.3) is 0 Å². The normalized spacial score (nSPS) is 17.8. The monoisotopic (exact) mass is 314 g/mol. The predicted octanol–water partition coefficient (Wildman–Crippen LogP) is 2.91. The van der Waals surface area contributed by atoms with Crippen molar-refractivity contribution in [1.29, 1.82) is 0 Å². The maximum Gasteiger partial charge on any atom is 0.335 e. The standard InChI is InChI=1S/C13H15ClN2O3S/c14-10-5-9(12(17)18)1-2-11(10)16-13(19)15-6-8-3-4-20-7-8/h1-2,5,8H,3-4,6-7H2,(H,17,18)(H2,15,16,19). The van der Waals surface area contributed by atoms with Crippen LogP contribution in [0.2, 0.25) is 5.02 Å². The Morgan fingerprint density at radius 3 is 2.85 bits per heavy atom. The molecule has 0 saturated carbocycles. The number of carbonyl (C=O) groups is 2. The Labute approximate surface area is 126 Å². The van der Waals surface area contributed by atoms with Crippen molar-refractivity contribution in [2.45, 2.75) is 6.42 Å². The van der Waals surface area contributed by atoms with Gasteiger partial charge in [0, 0.05) is 6.54 Å². The minimum Gasteiger partial charge on any atom is -0.478 e. The first kappa shape index (κ1) is 15.0. The first-order chi connectivity index (χ1) is 9.56. The number of urea groups is 1. The second-order valence-electron chi connectivity index (χ2n) is 4.56. The van der Waals surface area contributed by atoms with Crippen molar-refractivity contribution in [3.8, 4) is 0 Å². The number of amides is 2. The molecule has 1 atom stereocenters. The highest BCUT2D eigenvalue weighted by Crippen LogP contribution is 2.24. The summed E-state index contributed by atoms with van der Waals surface area (Å²) in [5.74, 6) is 1.70. The van der Waals surface area contributed by atoms with Gasteiger partial charge in [-0.2, -0.15) is 11.8 Å². The van der Waals surface area contributed by atoms with Crippen LogP contribution >= 0.6 is 23.4 Å². The van der Waals surface area contributed by atoms with Crippen molar-refractivity contribution >= 4 is 41.1 Å². The molecule has 0 aromatic heterocycles. The van der Waals surface area contributed by atoms with Gasteiger partial charge in [-0.15, -0.1) is 0 Å². The summed E-state index contributed by atoms with van der Waals surface area (Å²) in [5.41, 5.74) is 0.485. The van der Waals surface area contributed by atoms with Crippen LogP contribution in [-0.2, 0) is 0 Å². The molecule has 1 aliphatic heterocycles. The SMILES string of the molecule is O=C(NCC1CCSC1)Nc1ccc(C(=O)O)cc1Cl. The number of hydrogen-bond acceptors (Lipinski definition) is 3. The minimum atomic E-state index is -1.05. The Bertz CT molecular complexity index is 518. The van der Waals surface area contributed by atoms with Crippen LogP contribution in [0.1, 0.15) is 16.8 Å². The molecule has 1 unspecified atom stereocenters. The highest BCUT2D eigenvalue weighted by Gasteiger charge is 2.16. The van der Waals surface area contributed by atoms with Crippen molar-refractivity contribution in [3.63, 3.8) is 0 Å². The molecular formula is C13H15ClN2O3S. The van der Waals surface area contributed by atoms with Gasteiger partial charge in [0.2, 0.25) is 0 Å². The number of carboxylic acids is 1. The van der Waals surface area contributed by atoms with E-state index in [2.05, 4.69) is 10.6 Å². The smallest absolute Gasteiger partial charge is 0.335 e. The molecule has 1 heterocycles. The van der Waals surface area contributed by atoms with E-state index >= 15 is 0 Å². The van der Waals surface area contributed by atoms with Crippen molar-refractivity contribution in [2.24, 2.45) is 5.92 Å². The Hall–Kier alpha value is -1.40. The summed E-state index contributed by atoms with van der Waals surface area (Å²) in [5, 5.41) is 14.5. The summed E-state index contributed by atoms with van der Waals surface area (Å²) >= 11 is 7.83. The molecule has 1 fully saturated rings. The zero-order chi connectivity index (χ0) is 14.5. The Kier molecular flexibility index (Phi) is 5.14. The van der Waals surface area contributed by atoms with Crippen molar-refractivity contribution in [1.82, 2.24) is 5.32 Å². The van der Waals surface area contributed by atoms with Crippen molar-refractivity contribution in [3.05, 3.63) is 28.8 Å². The lowest BCUT2D eigenvalue weighted by Crippen LogP contribution is -2.33. The molecular weight excluding hydrogens is 300 g/mol. The van der Waals surface area contributed by atoms with Crippen LogP contribution in [0, 0.1) is 5.92 Å². The number of anilines is 1. The van der Waals surface area contributed by atoms with Gasteiger partial charge >= 0.3 is 12.0 Å². The van der Waals surface area contributed by atoms with Gasteiger partial charge < -0.3 is 15.7 Å². The number of thioether (sulfide) groups is 1. The van der Waals surface area contributed by atoms with E-state index in [1.54, 1.807) is 0 Å². The first-order valence-corrected chi connectivity index (χ1v) is 7.75. The Morgan fingerprint density at radius 2 is 2.25 bits per heavy atom. The summed E-state index contributed by atoms with van der Waals surface area (Å²) in [6.45, 7) is 0.643. The molecule has 20 heavy (non-hydrogen) atoms. The van der Waals surface area contributed by atoms with E-state index in [1.165, 1.54) is 18.2 Å². The van der Waals surface area contributed by atoms with Gasteiger partial charge in [-0.05, 0) is 42.0 Å². The summed E-state index contributed by atoms with van der Waals surface area (Å²) in [6, 6.07) is 3.87. The van der Waals surface area contributed by atoms with Gasteiger partial charge in [0.05, 0.1) is 16.3 Å². The molecule has 1 saturated heterocycles. The third kappa shape index (κ3) is 4.05. The van der Waals surface area contributed by atoms with Crippen molar-refractivity contribution < 1.29 is 14.7 Å². The van der Waals surface area contributed by atoms with Gasteiger partial charge in [0.1, 0.15) is 0 Å². The zero-order valence-corrected chi connectivity index (χ0v) is 12.3.